The topological polar surface area (TPSA) is 178 Å². The average Bonchev–Trinajstić information content (AvgIpc) is 3.17. The van der Waals surface area contributed by atoms with Crippen molar-refractivity contribution in [3.63, 3.8) is 0 Å². The van der Waals surface area contributed by atoms with Gasteiger partial charge in [-0.3, -0.25) is 24.0 Å². The van der Waals surface area contributed by atoms with Crippen LogP contribution in [-0.4, -0.2) is 110 Å². The summed E-state index contributed by atoms with van der Waals surface area (Å²) in [5, 5.41) is -1.34. The van der Waals surface area contributed by atoms with Gasteiger partial charge in [0.1, 0.15) is 31.0 Å². The molecule has 0 amide bonds. The number of hydrogen-bond acceptors (Lipinski definition) is 15. The van der Waals surface area contributed by atoms with E-state index in [0.29, 0.717) is 0 Å². The van der Waals surface area contributed by atoms with Crippen LogP contribution in [0.5, 0.6) is 0 Å². The van der Waals surface area contributed by atoms with E-state index in [-0.39, 0.29) is 0 Å². The highest BCUT2D eigenvalue weighted by molar-refractivity contribution is 6.65. The van der Waals surface area contributed by atoms with E-state index in [0.717, 1.165) is 27.7 Å². The van der Waals surface area contributed by atoms with Crippen molar-refractivity contribution in [1.29, 1.82) is 0 Å². The molecule has 0 saturated carbocycles. The summed E-state index contributed by atoms with van der Waals surface area (Å²) in [7, 11) is 1.41. The number of carbonyl (C=O) groups excluding carboxylic acids is 5. The lowest BCUT2D eigenvalue weighted by Gasteiger charge is -2.51. The van der Waals surface area contributed by atoms with Gasteiger partial charge in [0.2, 0.25) is 6.10 Å². The molecule has 0 aromatic rings. The molecule has 10 atom stereocenters. The highest BCUT2D eigenvalue weighted by Gasteiger charge is 2.67. The van der Waals surface area contributed by atoms with Gasteiger partial charge in [-0.15, -0.1) is 0 Å². The van der Waals surface area contributed by atoms with Crippen molar-refractivity contribution >= 4 is 40.7 Å². The predicted molar refractivity (Wildman–Crippen MR) is 132 cm³/mol. The van der Waals surface area contributed by atoms with Gasteiger partial charge in [0.15, 0.2) is 24.3 Å². The smallest absolute Gasteiger partial charge is 0.303 e. The van der Waals surface area contributed by atoms with Crippen molar-refractivity contribution in [2.45, 2.75) is 115 Å². The summed E-state index contributed by atoms with van der Waals surface area (Å²) >= 11 is 6.12. The molecular formula is C25H35ClO15. The number of rotatable bonds is 9. The molecule has 0 bridgehead atoms. The number of methoxy groups -OCH3 is 1. The minimum absolute atomic E-state index is 0.603. The maximum absolute atomic E-state index is 13.3. The molecule has 0 aliphatic carbocycles. The Bertz CT molecular complexity index is 1030. The van der Waals surface area contributed by atoms with E-state index < -0.39 is 102 Å². The second-order valence-electron chi connectivity index (χ2n) is 10.2. The normalized spacial score (nSPS) is 37.8. The fraction of sp³-hybridized carbons (Fsp3) is 0.800. The molecule has 0 aromatic heterocycles. The first-order valence-corrected chi connectivity index (χ1v) is 13.1. The molecule has 0 radical (unpaired) electrons. The van der Waals surface area contributed by atoms with Crippen LogP contribution in [-0.2, 0) is 71.3 Å². The van der Waals surface area contributed by atoms with Gasteiger partial charge in [0.25, 0.3) is 11.0 Å². The van der Waals surface area contributed by atoms with Crippen LogP contribution in [0.15, 0.2) is 0 Å². The van der Waals surface area contributed by atoms with Gasteiger partial charge in [-0.25, -0.2) is 0 Å². The Labute approximate surface area is 241 Å². The molecule has 3 fully saturated rings. The SMILES string of the molecule is CO[C@@H]1O[C@@H](C)[C@H](O[C@]2(C(=O)Cl)O[C@H](COC(C)=O)[C@@H](OC(C)=O)[C@H](OC(C)=O)[C@@H]2OC(C)=O)[C@H]2OC(C)(C)O[C@@H]12. The van der Waals surface area contributed by atoms with E-state index in [1.807, 2.05) is 0 Å². The highest BCUT2D eigenvalue weighted by atomic mass is 35.5. The Kier molecular flexibility index (Phi) is 10.4. The van der Waals surface area contributed by atoms with Crippen molar-refractivity contribution in [3.05, 3.63) is 0 Å². The molecule has 0 unspecified atom stereocenters. The number of carbonyl (C=O) groups is 5. The van der Waals surface area contributed by atoms with Gasteiger partial charge in [0, 0.05) is 34.8 Å². The monoisotopic (exact) mass is 610 g/mol. The molecule has 0 aromatic carbocycles. The maximum atomic E-state index is 13.3. The number of ether oxygens (including phenoxy) is 10. The predicted octanol–water partition coefficient (Wildman–Crippen LogP) is 0.502. The second-order valence-corrected chi connectivity index (χ2v) is 10.5. The van der Waals surface area contributed by atoms with E-state index in [9.17, 15) is 24.0 Å². The van der Waals surface area contributed by atoms with Crippen LogP contribution in [0.1, 0.15) is 48.5 Å². The number of halogens is 1. The zero-order valence-corrected chi connectivity index (χ0v) is 24.7. The number of esters is 4. The minimum Gasteiger partial charge on any atom is -0.463 e. The van der Waals surface area contributed by atoms with E-state index in [1.54, 1.807) is 20.8 Å². The average molecular weight is 611 g/mol. The molecular weight excluding hydrogens is 576 g/mol. The van der Waals surface area contributed by atoms with Crippen LogP contribution >= 0.6 is 11.6 Å². The molecule has 0 N–H and O–H groups in total. The summed E-state index contributed by atoms with van der Waals surface area (Å²) < 4.78 is 56.9. The summed E-state index contributed by atoms with van der Waals surface area (Å²) in [4.78, 5) is 61.5. The van der Waals surface area contributed by atoms with Gasteiger partial charge in [0.05, 0.1) is 6.10 Å². The molecule has 3 saturated heterocycles. The highest BCUT2D eigenvalue weighted by Crippen LogP contribution is 2.44. The molecule has 232 valence electrons. The van der Waals surface area contributed by atoms with E-state index in [2.05, 4.69) is 0 Å². The first-order valence-electron chi connectivity index (χ1n) is 12.8. The van der Waals surface area contributed by atoms with Crippen molar-refractivity contribution in [3.8, 4) is 0 Å². The Hall–Kier alpha value is -2.40. The second kappa shape index (κ2) is 12.9. The summed E-state index contributed by atoms with van der Waals surface area (Å²) in [5.74, 6) is -7.30. The lowest BCUT2D eigenvalue weighted by Crippen LogP contribution is -2.73. The van der Waals surface area contributed by atoms with Crippen LogP contribution < -0.4 is 0 Å². The minimum atomic E-state index is -2.72. The quantitative estimate of drug-likeness (QED) is 0.200. The zero-order valence-electron chi connectivity index (χ0n) is 23.9. The molecule has 0 spiro atoms. The number of hydrogen-bond donors (Lipinski definition) is 0. The molecule has 41 heavy (non-hydrogen) atoms. The number of fused-ring (bicyclic) bond motifs is 1. The van der Waals surface area contributed by atoms with Gasteiger partial charge < -0.3 is 47.4 Å². The lowest BCUT2D eigenvalue weighted by atomic mass is 9.91. The van der Waals surface area contributed by atoms with E-state index in [4.69, 9.17) is 59.0 Å². The Balaban J connectivity index is 2.16. The van der Waals surface area contributed by atoms with Crippen molar-refractivity contribution in [1.82, 2.24) is 0 Å². The molecule has 3 aliphatic rings. The van der Waals surface area contributed by atoms with Crippen LogP contribution in [0.2, 0.25) is 0 Å². The summed E-state index contributed by atoms with van der Waals surface area (Å²) in [6.45, 7) is 8.52. The van der Waals surface area contributed by atoms with E-state index in [1.165, 1.54) is 7.11 Å². The fourth-order valence-corrected chi connectivity index (χ4v) is 5.23. The molecule has 3 heterocycles. The largest absolute Gasteiger partial charge is 0.463 e. The first-order chi connectivity index (χ1) is 19.0. The van der Waals surface area contributed by atoms with Crippen LogP contribution in [0.3, 0.4) is 0 Å². The van der Waals surface area contributed by atoms with Crippen molar-refractivity contribution in [2.75, 3.05) is 13.7 Å². The Morgan fingerprint density at radius 3 is 1.85 bits per heavy atom. The van der Waals surface area contributed by atoms with Gasteiger partial charge in [-0.05, 0) is 32.4 Å². The van der Waals surface area contributed by atoms with Gasteiger partial charge in [-0.2, -0.15) is 0 Å². The zero-order chi connectivity index (χ0) is 30.9. The standard InChI is InChI=1S/C25H35ClO15/c1-10-16(18-20(22(32-8)34-10)40-24(6,7)39-18)41-25(23(26)31)21(37-14(5)30)19(36-13(4)29)17(35-12(3)28)15(38-25)9-33-11(2)27/h10,15-22H,9H2,1-8H3/t10-,15+,16-,17+,18+,19-,20+,21-,22+,25+/m0/s1. The molecule has 3 aliphatic heterocycles. The molecule has 16 heteroatoms. The lowest BCUT2D eigenvalue weighted by molar-refractivity contribution is -0.377. The summed E-state index contributed by atoms with van der Waals surface area (Å²) in [5.41, 5.74) is 0. The maximum Gasteiger partial charge on any atom is 0.303 e. The third kappa shape index (κ3) is 7.34. The fourth-order valence-electron chi connectivity index (χ4n) is 5.04. The molecule has 15 nitrogen and oxygen atoms in total. The van der Waals surface area contributed by atoms with Crippen molar-refractivity contribution in [2.24, 2.45) is 0 Å². The van der Waals surface area contributed by atoms with Gasteiger partial charge in [-0.1, -0.05) is 0 Å². The van der Waals surface area contributed by atoms with Gasteiger partial charge >= 0.3 is 23.9 Å². The van der Waals surface area contributed by atoms with Crippen LogP contribution in [0.25, 0.3) is 0 Å². The van der Waals surface area contributed by atoms with Crippen LogP contribution in [0.4, 0.5) is 0 Å². The summed E-state index contributed by atoms with van der Waals surface area (Å²) in [6, 6.07) is 0. The Morgan fingerprint density at radius 2 is 1.34 bits per heavy atom. The van der Waals surface area contributed by atoms with E-state index >= 15 is 0 Å². The molecule has 3 rings (SSSR count). The Morgan fingerprint density at radius 1 is 0.780 bits per heavy atom. The van der Waals surface area contributed by atoms with Crippen LogP contribution in [0, 0.1) is 0 Å². The van der Waals surface area contributed by atoms with Crippen molar-refractivity contribution < 1.29 is 71.3 Å². The summed E-state index contributed by atoms with van der Waals surface area (Å²) in [6.07, 6.45) is -11.4. The third-order valence-corrected chi connectivity index (χ3v) is 6.69. The third-order valence-electron chi connectivity index (χ3n) is 6.42. The first kappa shape index (κ1) is 33.1.